The number of sulfonamides is 1. The standard InChI is InChI=1S/C15H25N3O2S/c1-2-17-21(19,20)15-8-4-3-7-14(15)18-11-5-6-13(12-18)9-10-16/h3-4,7-8,13,17H,2,5-6,9-12,16H2,1H3. The SMILES string of the molecule is CCNS(=O)(=O)c1ccccc1N1CCCC(CCN)C1. The van der Waals surface area contributed by atoms with Crippen molar-refractivity contribution in [1.29, 1.82) is 0 Å². The van der Waals surface area contributed by atoms with Gasteiger partial charge in [-0.05, 0) is 43.9 Å². The fourth-order valence-electron chi connectivity index (χ4n) is 2.97. The molecular weight excluding hydrogens is 286 g/mol. The van der Waals surface area contributed by atoms with E-state index in [-0.39, 0.29) is 0 Å². The van der Waals surface area contributed by atoms with Gasteiger partial charge in [0.15, 0.2) is 0 Å². The first-order valence-corrected chi connectivity index (χ1v) is 9.10. The van der Waals surface area contributed by atoms with Gasteiger partial charge < -0.3 is 10.6 Å². The second-order valence-corrected chi connectivity index (χ2v) is 7.24. The van der Waals surface area contributed by atoms with Crippen molar-refractivity contribution in [2.75, 3.05) is 31.1 Å². The van der Waals surface area contributed by atoms with Crippen molar-refractivity contribution in [3.63, 3.8) is 0 Å². The molecule has 1 saturated heterocycles. The van der Waals surface area contributed by atoms with Crippen LogP contribution in [-0.4, -0.2) is 34.6 Å². The van der Waals surface area contributed by atoms with Crippen molar-refractivity contribution in [1.82, 2.24) is 4.72 Å². The number of para-hydroxylation sites is 1. The van der Waals surface area contributed by atoms with E-state index in [1.165, 1.54) is 6.42 Å². The van der Waals surface area contributed by atoms with Crippen LogP contribution in [0.1, 0.15) is 26.2 Å². The Bertz CT molecular complexity index is 558. The monoisotopic (exact) mass is 311 g/mol. The molecule has 5 nitrogen and oxygen atoms in total. The maximum atomic E-state index is 12.3. The zero-order valence-electron chi connectivity index (χ0n) is 12.6. The quantitative estimate of drug-likeness (QED) is 0.836. The van der Waals surface area contributed by atoms with Crippen molar-refractivity contribution >= 4 is 15.7 Å². The number of rotatable bonds is 6. The molecule has 1 aliphatic rings. The van der Waals surface area contributed by atoms with Gasteiger partial charge in [0.25, 0.3) is 0 Å². The summed E-state index contributed by atoms with van der Waals surface area (Å²) < 4.78 is 27.3. The molecule has 0 amide bonds. The average molecular weight is 311 g/mol. The summed E-state index contributed by atoms with van der Waals surface area (Å²) >= 11 is 0. The van der Waals surface area contributed by atoms with Crippen LogP contribution >= 0.6 is 0 Å². The number of piperidine rings is 1. The van der Waals surface area contributed by atoms with Gasteiger partial charge in [0.2, 0.25) is 10.0 Å². The van der Waals surface area contributed by atoms with E-state index in [1.54, 1.807) is 19.1 Å². The minimum atomic E-state index is -3.44. The molecule has 1 atom stereocenters. The third kappa shape index (κ3) is 3.96. The van der Waals surface area contributed by atoms with Crippen molar-refractivity contribution in [3.05, 3.63) is 24.3 Å². The molecule has 1 aliphatic heterocycles. The maximum absolute atomic E-state index is 12.3. The Labute approximate surface area is 127 Å². The van der Waals surface area contributed by atoms with Gasteiger partial charge in [-0.2, -0.15) is 0 Å². The zero-order chi connectivity index (χ0) is 15.3. The van der Waals surface area contributed by atoms with Crippen LogP contribution in [0.5, 0.6) is 0 Å². The molecule has 2 rings (SSSR count). The lowest BCUT2D eigenvalue weighted by Gasteiger charge is -2.35. The van der Waals surface area contributed by atoms with E-state index in [0.717, 1.165) is 31.6 Å². The molecule has 3 N–H and O–H groups in total. The molecular formula is C15H25N3O2S. The minimum Gasteiger partial charge on any atom is -0.370 e. The Morgan fingerprint density at radius 3 is 2.86 bits per heavy atom. The molecule has 21 heavy (non-hydrogen) atoms. The lowest BCUT2D eigenvalue weighted by atomic mass is 9.94. The van der Waals surface area contributed by atoms with Crippen LogP contribution < -0.4 is 15.4 Å². The van der Waals surface area contributed by atoms with Gasteiger partial charge in [-0.3, -0.25) is 0 Å². The second-order valence-electron chi connectivity index (χ2n) is 5.50. The second kappa shape index (κ2) is 7.24. The lowest BCUT2D eigenvalue weighted by molar-refractivity contribution is 0.395. The van der Waals surface area contributed by atoms with Crippen molar-refractivity contribution < 1.29 is 8.42 Å². The number of hydrogen-bond acceptors (Lipinski definition) is 4. The molecule has 1 heterocycles. The van der Waals surface area contributed by atoms with Crippen LogP contribution in [0.25, 0.3) is 0 Å². The smallest absolute Gasteiger partial charge is 0.242 e. The van der Waals surface area contributed by atoms with Gasteiger partial charge in [-0.15, -0.1) is 0 Å². The van der Waals surface area contributed by atoms with Crippen molar-refractivity contribution in [3.8, 4) is 0 Å². The summed E-state index contributed by atoms with van der Waals surface area (Å²) in [6, 6.07) is 7.25. The van der Waals surface area contributed by atoms with E-state index in [9.17, 15) is 8.42 Å². The molecule has 0 spiro atoms. The average Bonchev–Trinajstić information content (AvgIpc) is 2.48. The normalized spacial score (nSPS) is 19.7. The van der Waals surface area contributed by atoms with Crippen molar-refractivity contribution in [2.24, 2.45) is 11.7 Å². The summed E-state index contributed by atoms with van der Waals surface area (Å²) in [6.07, 6.45) is 3.26. The number of nitrogens with two attached hydrogens (primary N) is 1. The number of nitrogens with zero attached hydrogens (tertiary/aromatic N) is 1. The molecule has 6 heteroatoms. The topological polar surface area (TPSA) is 75.4 Å². The highest BCUT2D eigenvalue weighted by atomic mass is 32.2. The Balaban J connectivity index is 2.27. The van der Waals surface area contributed by atoms with Crippen LogP contribution in [0.4, 0.5) is 5.69 Å². The van der Waals surface area contributed by atoms with Crippen LogP contribution in [-0.2, 0) is 10.0 Å². The summed E-state index contributed by atoms with van der Waals surface area (Å²) in [4.78, 5) is 2.56. The number of anilines is 1. The maximum Gasteiger partial charge on any atom is 0.242 e. The summed E-state index contributed by atoms with van der Waals surface area (Å²) in [5.74, 6) is 0.554. The first-order valence-electron chi connectivity index (χ1n) is 7.62. The summed E-state index contributed by atoms with van der Waals surface area (Å²) in [5.41, 5.74) is 6.46. The first-order chi connectivity index (χ1) is 10.1. The van der Waals surface area contributed by atoms with Gasteiger partial charge in [-0.1, -0.05) is 19.1 Å². The predicted octanol–water partition coefficient (Wildman–Crippen LogP) is 1.55. The zero-order valence-corrected chi connectivity index (χ0v) is 13.4. The van der Waals surface area contributed by atoms with Crippen molar-refractivity contribution in [2.45, 2.75) is 31.1 Å². The van der Waals surface area contributed by atoms with Crippen LogP contribution in [0, 0.1) is 5.92 Å². The molecule has 0 aromatic heterocycles. The summed E-state index contributed by atoms with van der Waals surface area (Å²) in [6.45, 7) is 4.66. The first kappa shape index (κ1) is 16.3. The highest BCUT2D eigenvalue weighted by molar-refractivity contribution is 7.89. The van der Waals surface area contributed by atoms with Crippen LogP contribution in [0.2, 0.25) is 0 Å². The van der Waals surface area contributed by atoms with E-state index in [1.807, 2.05) is 12.1 Å². The third-order valence-electron chi connectivity index (χ3n) is 3.92. The largest absolute Gasteiger partial charge is 0.370 e. The molecule has 0 aliphatic carbocycles. The third-order valence-corrected chi connectivity index (χ3v) is 5.52. The summed E-state index contributed by atoms with van der Waals surface area (Å²) in [7, 11) is -3.44. The Morgan fingerprint density at radius 2 is 2.14 bits per heavy atom. The minimum absolute atomic E-state index is 0.375. The lowest BCUT2D eigenvalue weighted by Crippen LogP contribution is -2.37. The molecule has 0 saturated carbocycles. The number of benzene rings is 1. The van der Waals surface area contributed by atoms with E-state index >= 15 is 0 Å². The highest BCUT2D eigenvalue weighted by Gasteiger charge is 2.25. The van der Waals surface area contributed by atoms with Gasteiger partial charge in [0, 0.05) is 19.6 Å². The Morgan fingerprint density at radius 1 is 1.38 bits per heavy atom. The van der Waals surface area contributed by atoms with Crippen LogP contribution in [0.3, 0.4) is 0 Å². The van der Waals surface area contributed by atoms with Crippen LogP contribution in [0.15, 0.2) is 29.2 Å². The molecule has 118 valence electrons. The van der Waals surface area contributed by atoms with E-state index in [2.05, 4.69) is 9.62 Å². The van der Waals surface area contributed by atoms with Gasteiger partial charge in [-0.25, -0.2) is 13.1 Å². The fourth-order valence-corrected chi connectivity index (χ4v) is 4.23. The Hall–Kier alpha value is -1.11. The number of nitrogens with one attached hydrogen (secondary N) is 1. The molecule has 1 fully saturated rings. The molecule has 0 bridgehead atoms. The van der Waals surface area contributed by atoms with Gasteiger partial charge >= 0.3 is 0 Å². The van der Waals surface area contributed by atoms with E-state index in [0.29, 0.717) is 23.9 Å². The predicted molar refractivity (Wildman–Crippen MR) is 85.9 cm³/mol. The summed E-state index contributed by atoms with van der Waals surface area (Å²) in [5, 5.41) is 0. The molecule has 1 aromatic rings. The van der Waals surface area contributed by atoms with E-state index < -0.39 is 10.0 Å². The van der Waals surface area contributed by atoms with E-state index in [4.69, 9.17) is 5.73 Å². The molecule has 0 radical (unpaired) electrons. The Kier molecular flexibility index (Phi) is 5.61. The van der Waals surface area contributed by atoms with Gasteiger partial charge in [0.05, 0.1) is 5.69 Å². The highest BCUT2D eigenvalue weighted by Crippen LogP contribution is 2.29. The molecule has 1 aromatic carbocycles. The number of hydrogen-bond donors (Lipinski definition) is 2. The van der Waals surface area contributed by atoms with Gasteiger partial charge in [0.1, 0.15) is 4.90 Å². The fraction of sp³-hybridized carbons (Fsp3) is 0.600. The molecule has 1 unspecified atom stereocenters.